The van der Waals surface area contributed by atoms with Gasteiger partial charge in [-0.05, 0) is 37.0 Å². The van der Waals surface area contributed by atoms with E-state index in [0.29, 0.717) is 0 Å². The summed E-state index contributed by atoms with van der Waals surface area (Å²) < 4.78 is 0. The summed E-state index contributed by atoms with van der Waals surface area (Å²) in [5.41, 5.74) is 0. The van der Waals surface area contributed by atoms with Gasteiger partial charge in [-0.25, -0.2) is 0 Å². The average Bonchev–Trinajstić information content (AvgIpc) is 3.10. The van der Waals surface area contributed by atoms with Crippen molar-refractivity contribution in [3.63, 3.8) is 0 Å². The molecule has 0 radical (unpaired) electrons. The number of unbranched alkanes of at least 4 members (excludes halogenated alkanes) is 3. The highest BCUT2D eigenvalue weighted by atomic mass is 14.3. The van der Waals surface area contributed by atoms with Crippen molar-refractivity contribution in [2.45, 2.75) is 85.0 Å². The Labute approximate surface area is 103 Å². The van der Waals surface area contributed by atoms with Crippen molar-refractivity contribution in [2.24, 2.45) is 17.8 Å². The summed E-state index contributed by atoms with van der Waals surface area (Å²) in [6, 6.07) is 0. The van der Waals surface area contributed by atoms with Crippen LogP contribution in [0.15, 0.2) is 0 Å². The molecule has 0 spiro atoms. The van der Waals surface area contributed by atoms with Gasteiger partial charge in [0.15, 0.2) is 0 Å². The average molecular weight is 224 g/mol. The van der Waals surface area contributed by atoms with Gasteiger partial charge in [0.05, 0.1) is 0 Å². The Bertz CT molecular complexity index is 157. The smallest absolute Gasteiger partial charge is 0.0386 e. The molecule has 1 rings (SSSR count). The highest BCUT2D eigenvalue weighted by Gasteiger charge is 2.29. The van der Waals surface area contributed by atoms with Gasteiger partial charge in [-0.1, -0.05) is 65.7 Å². The zero-order valence-electron chi connectivity index (χ0n) is 11.8. The summed E-state index contributed by atoms with van der Waals surface area (Å²) >= 11 is 0. The summed E-state index contributed by atoms with van der Waals surface area (Å²) in [4.78, 5) is 0. The van der Waals surface area contributed by atoms with Crippen molar-refractivity contribution in [3.8, 4) is 0 Å². The maximum atomic E-state index is 2.46. The second-order valence-corrected chi connectivity index (χ2v) is 6.04. The highest BCUT2D eigenvalue weighted by Crippen LogP contribution is 2.41. The van der Waals surface area contributed by atoms with Crippen molar-refractivity contribution in [2.75, 3.05) is 0 Å². The molecule has 1 aliphatic carbocycles. The lowest BCUT2D eigenvalue weighted by molar-refractivity contribution is 0.350. The van der Waals surface area contributed by atoms with Crippen LogP contribution in [0.25, 0.3) is 0 Å². The molecular weight excluding hydrogens is 192 g/mol. The van der Waals surface area contributed by atoms with Crippen molar-refractivity contribution in [1.29, 1.82) is 0 Å². The molecule has 0 aromatic heterocycles. The molecule has 0 aromatic rings. The van der Waals surface area contributed by atoms with E-state index in [1.807, 2.05) is 0 Å². The Morgan fingerprint density at radius 2 is 1.69 bits per heavy atom. The van der Waals surface area contributed by atoms with E-state index in [2.05, 4.69) is 20.8 Å². The predicted octanol–water partition coefficient (Wildman–Crippen LogP) is 5.81. The Morgan fingerprint density at radius 3 is 2.25 bits per heavy atom. The Morgan fingerprint density at radius 1 is 0.938 bits per heavy atom. The number of hydrogen-bond acceptors (Lipinski definition) is 0. The van der Waals surface area contributed by atoms with Crippen molar-refractivity contribution >= 4 is 0 Å². The quantitative estimate of drug-likeness (QED) is 0.411. The molecule has 2 atom stereocenters. The molecule has 2 unspecified atom stereocenters. The van der Waals surface area contributed by atoms with Crippen LogP contribution in [0.5, 0.6) is 0 Å². The fourth-order valence-corrected chi connectivity index (χ4v) is 2.90. The lowest BCUT2D eigenvalue weighted by Gasteiger charge is -2.17. The summed E-state index contributed by atoms with van der Waals surface area (Å²) in [5, 5.41) is 0. The normalized spacial score (nSPS) is 19.7. The fourth-order valence-electron chi connectivity index (χ4n) is 2.90. The molecule has 0 heterocycles. The first-order valence-electron chi connectivity index (χ1n) is 7.77. The van der Waals surface area contributed by atoms with Gasteiger partial charge in [-0.2, -0.15) is 0 Å². The van der Waals surface area contributed by atoms with Crippen LogP contribution in [0.4, 0.5) is 0 Å². The van der Waals surface area contributed by atoms with Crippen LogP contribution in [-0.4, -0.2) is 0 Å². The minimum atomic E-state index is 0.977. The Hall–Kier alpha value is 0. The van der Waals surface area contributed by atoms with Crippen LogP contribution in [0.2, 0.25) is 0 Å². The third kappa shape index (κ3) is 5.92. The summed E-state index contributed by atoms with van der Waals surface area (Å²) in [6.45, 7) is 7.14. The van der Waals surface area contributed by atoms with E-state index in [4.69, 9.17) is 0 Å². The van der Waals surface area contributed by atoms with Crippen LogP contribution in [0.1, 0.15) is 85.0 Å². The molecular formula is C16H32. The molecule has 0 bridgehead atoms. The van der Waals surface area contributed by atoms with Gasteiger partial charge in [0, 0.05) is 0 Å². The van der Waals surface area contributed by atoms with E-state index in [1.165, 1.54) is 64.2 Å². The highest BCUT2D eigenvalue weighted by molar-refractivity contribution is 4.80. The number of rotatable bonds is 10. The van der Waals surface area contributed by atoms with Gasteiger partial charge in [-0.15, -0.1) is 0 Å². The van der Waals surface area contributed by atoms with Gasteiger partial charge in [0.25, 0.3) is 0 Å². The zero-order valence-corrected chi connectivity index (χ0v) is 11.8. The van der Waals surface area contributed by atoms with Crippen molar-refractivity contribution in [1.82, 2.24) is 0 Å². The van der Waals surface area contributed by atoms with E-state index >= 15 is 0 Å². The molecule has 0 aromatic carbocycles. The molecule has 16 heavy (non-hydrogen) atoms. The summed E-state index contributed by atoms with van der Waals surface area (Å²) in [5.74, 6) is 3.17. The molecule has 96 valence electrons. The first-order valence-corrected chi connectivity index (χ1v) is 7.77. The SMILES string of the molecule is CCCCCCC(C)CCC(CC)C1CC1. The van der Waals surface area contributed by atoms with Crippen LogP contribution >= 0.6 is 0 Å². The predicted molar refractivity (Wildman–Crippen MR) is 73.7 cm³/mol. The molecule has 1 fully saturated rings. The number of hydrogen-bond donors (Lipinski definition) is 0. The lowest BCUT2D eigenvalue weighted by atomic mass is 9.89. The fraction of sp³-hybridized carbons (Fsp3) is 1.00. The monoisotopic (exact) mass is 224 g/mol. The van der Waals surface area contributed by atoms with Crippen LogP contribution in [0, 0.1) is 17.8 Å². The minimum Gasteiger partial charge on any atom is -0.0654 e. The molecule has 1 aliphatic rings. The van der Waals surface area contributed by atoms with E-state index < -0.39 is 0 Å². The third-order valence-electron chi connectivity index (χ3n) is 4.39. The first-order chi connectivity index (χ1) is 7.77. The molecule has 0 nitrogen and oxygen atoms in total. The Balaban J connectivity index is 1.97. The second kappa shape index (κ2) is 8.14. The van der Waals surface area contributed by atoms with Gasteiger partial charge in [0.1, 0.15) is 0 Å². The van der Waals surface area contributed by atoms with Gasteiger partial charge >= 0.3 is 0 Å². The maximum Gasteiger partial charge on any atom is -0.0386 e. The molecule has 0 amide bonds. The van der Waals surface area contributed by atoms with Gasteiger partial charge < -0.3 is 0 Å². The van der Waals surface area contributed by atoms with Crippen LogP contribution < -0.4 is 0 Å². The van der Waals surface area contributed by atoms with Crippen LogP contribution in [0.3, 0.4) is 0 Å². The second-order valence-electron chi connectivity index (χ2n) is 6.04. The molecule has 1 saturated carbocycles. The van der Waals surface area contributed by atoms with Crippen molar-refractivity contribution < 1.29 is 0 Å². The Kier molecular flexibility index (Phi) is 7.16. The molecule has 0 N–H and O–H groups in total. The summed E-state index contributed by atoms with van der Waals surface area (Å²) in [7, 11) is 0. The van der Waals surface area contributed by atoms with E-state index in [1.54, 1.807) is 0 Å². The molecule has 0 aliphatic heterocycles. The topological polar surface area (TPSA) is 0 Å². The molecule has 0 heteroatoms. The first kappa shape index (κ1) is 14.1. The standard InChI is InChI=1S/C16H32/c1-4-6-7-8-9-14(3)10-11-15(5-2)16-12-13-16/h14-16H,4-13H2,1-3H3. The minimum absolute atomic E-state index is 0.977. The van der Waals surface area contributed by atoms with E-state index in [0.717, 1.165) is 17.8 Å². The largest absolute Gasteiger partial charge is 0.0654 e. The summed E-state index contributed by atoms with van der Waals surface area (Å²) in [6.07, 6.45) is 14.7. The van der Waals surface area contributed by atoms with Gasteiger partial charge in [-0.3, -0.25) is 0 Å². The molecule has 0 saturated heterocycles. The third-order valence-corrected chi connectivity index (χ3v) is 4.39. The van der Waals surface area contributed by atoms with Gasteiger partial charge in [0.2, 0.25) is 0 Å². The van der Waals surface area contributed by atoms with Crippen molar-refractivity contribution in [3.05, 3.63) is 0 Å². The van der Waals surface area contributed by atoms with Crippen LogP contribution in [-0.2, 0) is 0 Å². The zero-order chi connectivity index (χ0) is 11.8. The van der Waals surface area contributed by atoms with E-state index in [9.17, 15) is 0 Å². The maximum absolute atomic E-state index is 2.46. The lowest BCUT2D eigenvalue weighted by Crippen LogP contribution is -2.05. The van der Waals surface area contributed by atoms with E-state index in [-0.39, 0.29) is 0 Å².